The van der Waals surface area contributed by atoms with E-state index < -0.39 is 6.43 Å². The number of hydrogen-bond acceptors (Lipinski definition) is 6. The first-order chi connectivity index (χ1) is 14.9. The monoisotopic (exact) mass is 444 g/mol. The molecule has 6 nitrogen and oxygen atoms in total. The van der Waals surface area contributed by atoms with Crippen LogP contribution in [0.3, 0.4) is 0 Å². The number of benzene rings is 1. The number of carbonyl (C=O) groups excluding carboxylic acids is 1. The van der Waals surface area contributed by atoms with E-state index in [1.165, 1.54) is 23.9 Å². The van der Waals surface area contributed by atoms with Gasteiger partial charge in [-0.2, -0.15) is 5.10 Å². The molecule has 3 rings (SSSR count). The zero-order valence-electron chi connectivity index (χ0n) is 17.4. The molecular weight excluding hydrogens is 422 g/mol. The number of methoxy groups -OCH3 is 1. The second-order valence-corrected chi connectivity index (χ2v) is 7.57. The molecule has 0 radical (unpaired) electrons. The third kappa shape index (κ3) is 5.97. The van der Waals surface area contributed by atoms with Crippen LogP contribution in [0.2, 0.25) is 0 Å². The minimum atomic E-state index is -2.65. The number of ether oxygens (including phenoxy) is 1. The van der Waals surface area contributed by atoms with Crippen molar-refractivity contribution in [2.45, 2.75) is 37.7 Å². The van der Waals surface area contributed by atoms with Crippen molar-refractivity contribution in [3.05, 3.63) is 70.8 Å². The lowest BCUT2D eigenvalue weighted by Crippen LogP contribution is -2.00. The fourth-order valence-electron chi connectivity index (χ4n) is 2.83. The summed E-state index contributed by atoms with van der Waals surface area (Å²) in [6, 6.07) is 8.47. The van der Waals surface area contributed by atoms with Crippen molar-refractivity contribution in [1.29, 1.82) is 0 Å². The van der Waals surface area contributed by atoms with Crippen LogP contribution in [0.4, 0.5) is 8.78 Å². The minimum Gasteiger partial charge on any atom is -0.496 e. The molecule has 0 aliphatic carbocycles. The third-order valence-electron chi connectivity index (χ3n) is 4.38. The Kier molecular flexibility index (Phi) is 7.51. The Morgan fingerprint density at radius 3 is 2.74 bits per heavy atom. The van der Waals surface area contributed by atoms with Crippen molar-refractivity contribution in [2.24, 2.45) is 0 Å². The van der Waals surface area contributed by atoms with E-state index in [1.54, 1.807) is 43.1 Å². The molecule has 0 bridgehead atoms. The number of allylic oxidation sites excluding steroid dienone is 1. The van der Waals surface area contributed by atoms with Crippen molar-refractivity contribution in [2.75, 3.05) is 7.11 Å². The van der Waals surface area contributed by atoms with Crippen LogP contribution in [0.15, 0.2) is 47.8 Å². The number of carbonyl (C=O) groups is 1. The van der Waals surface area contributed by atoms with E-state index in [2.05, 4.69) is 15.1 Å². The Bertz CT molecular complexity index is 1100. The lowest BCUT2D eigenvalue weighted by molar-refractivity contribution is 0.104. The summed E-state index contributed by atoms with van der Waals surface area (Å²) in [5.74, 6) is 0.886. The molecule has 2 heterocycles. The van der Waals surface area contributed by atoms with E-state index in [-0.39, 0.29) is 16.6 Å². The van der Waals surface area contributed by atoms with Gasteiger partial charge in [-0.1, -0.05) is 23.9 Å². The van der Waals surface area contributed by atoms with Crippen LogP contribution in [0.25, 0.3) is 6.08 Å². The Morgan fingerprint density at radius 1 is 1.26 bits per heavy atom. The van der Waals surface area contributed by atoms with E-state index in [0.29, 0.717) is 29.4 Å². The van der Waals surface area contributed by atoms with Gasteiger partial charge in [-0.15, -0.1) is 0 Å². The fraction of sp³-hybridized carbons (Fsp3) is 0.273. The molecule has 31 heavy (non-hydrogen) atoms. The summed E-state index contributed by atoms with van der Waals surface area (Å²) >= 11 is 1.24. The van der Waals surface area contributed by atoms with Gasteiger partial charge in [-0.25, -0.2) is 18.7 Å². The van der Waals surface area contributed by atoms with Gasteiger partial charge < -0.3 is 4.74 Å². The highest BCUT2D eigenvalue weighted by atomic mass is 32.2. The molecule has 0 saturated heterocycles. The number of hydrogen-bond donors (Lipinski definition) is 0. The molecular formula is C22H22F2N4O2S. The van der Waals surface area contributed by atoms with Crippen LogP contribution in [0, 0.1) is 6.92 Å². The van der Waals surface area contributed by atoms with E-state index in [9.17, 15) is 13.6 Å². The lowest BCUT2D eigenvalue weighted by atomic mass is 10.1. The molecule has 0 aliphatic heterocycles. The first kappa shape index (κ1) is 22.6. The topological polar surface area (TPSA) is 69.9 Å². The Morgan fingerprint density at radius 2 is 2.06 bits per heavy atom. The molecule has 0 N–H and O–H groups in total. The van der Waals surface area contributed by atoms with Crippen molar-refractivity contribution in [1.82, 2.24) is 19.7 Å². The zero-order valence-corrected chi connectivity index (χ0v) is 18.2. The van der Waals surface area contributed by atoms with Gasteiger partial charge in [0.15, 0.2) is 5.16 Å². The summed E-state index contributed by atoms with van der Waals surface area (Å²) in [5, 5.41) is 4.48. The first-order valence-electron chi connectivity index (χ1n) is 9.59. The summed E-state index contributed by atoms with van der Waals surface area (Å²) in [6.45, 7) is 4.30. The second-order valence-electron chi connectivity index (χ2n) is 6.63. The number of thioether (sulfide) groups is 1. The highest BCUT2D eigenvalue weighted by Gasteiger charge is 2.13. The number of rotatable bonds is 9. The van der Waals surface area contributed by atoms with Crippen LogP contribution in [-0.2, 0) is 12.3 Å². The Labute approximate surface area is 183 Å². The summed E-state index contributed by atoms with van der Waals surface area (Å²) in [5.41, 5.74) is 2.22. The van der Waals surface area contributed by atoms with Crippen molar-refractivity contribution < 1.29 is 18.3 Å². The van der Waals surface area contributed by atoms with E-state index in [4.69, 9.17) is 4.74 Å². The summed E-state index contributed by atoms with van der Waals surface area (Å²) in [6.07, 6.45) is 2.29. The van der Waals surface area contributed by atoms with E-state index in [0.717, 1.165) is 11.1 Å². The van der Waals surface area contributed by atoms with Gasteiger partial charge in [-0.05, 0) is 49.8 Å². The zero-order chi connectivity index (χ0) is 22.4. The van der Waals surface area contributed by atoms with E-state index >= 15 is 0 Å². The Balaban J connectivity index is 1.75. The van der Waals surface area contributed by atoms with E-state index in [1.807, 2.05) is 19.1 Å². The molecule has 9 heteroatoms. The molecule has 0 atom stereocenters. The van der Waals surface area contributed by atoms with Gasteiger partial charge >= 0.3 is 0 Å². The molecule has 2 aromatic heterocycles. The van der Waals surface area contributed by atoms with Gasteiger partial charge in [0.1, 0.15) is 17.1 Å². The third-order valence-corrected chi connectivity index (χ3v) is 5.28. The average molecular weight is 445 g/mol. The van der Waals surface area contributed by atoms with Crippen LogP contribution >= 0.6 is 11.8 Å². The average Bonchev–Trinajstić information content (AvgIpc) is 3.25. The Hall–Kier alpha value is -3.07. The van der Waals surface area contributed by atoms with Gasteiger partial charge in [0, 0.05) is 29.8 Å². The first-order valence-corrected chi connectivity index (χ1v) is 10.6. The molecule has 0 spiro atoms. The largest absolute Gasteiger partial charge is 0.496 e. The number of halogens is 2. The highest BCUT2D eigenvalue weighted by molar-refractivity contribution is 7.98. The predicted octanol–water partition coefficient (Wildman–Crippen LogP) is 5.14. The lowest BCUT2D eigenvalue weighted by Gasteiger charge is -2.10. The fourth-order valence-corrected chi connectivity index (χ4v) is 3.71. The van der Waals surface area contributed by atoms with Crippen LogP contribution in [0.5, 0.6) is 5.75 Å². The van der Waals surface area contributed by atoms with Gasteiger partial charge in [0.2, 0.25) is 5.78 Å². The molecule has 3 aromatic rings. The van der Waals surface area contributed by atoms with Crippen molar-refractivity contribution in [3.8, 4) is 5.75 Å². The van der Waals surface area contributed by atoms with Gasteiger partial charge in [0.05, 0.1) is 7.11 Å². The number of nitrogens with zero attached hydrogens (tertiary/aromatic N) is 4. The summed E-state index contributed by atoms with van der Waals surface area (Å²) < 4.78 is 33.1. The van der Waals surface area contributed by atoms with Crippen LogP contribution in [-0.4, -0.2) is 32.6 Å². The van der Waals surface area contributed by atoms with Gasteiger partial charge in [0.25, 0.3) is 6.43 Å². The number of aromatic nitrogens is 4. The molecule has 1 aromatic carbocycles. The maximum absolute atomic E-state index is 13.0. The number of aryl methyl sites for hydroxylation is 2. The number of ketones is 1. The normalized spacial score (nSPS) is 11.4. The summed E-state index contributed by atoms with van der Waals surface area (Å²) in [7, 11) is 1.56. The molecule has 0 saturated carbocycles. The maximum Gasteiger partial charge on any atom is 0.280 e. The molecule has 0 amide bonds. The maximum atomic E-state index is 13.0. The SMILES string of the molecule is CCn1ccc(C(=O)/C=C/c2ccc(OC)c(CSc3nc(C)cc(C(F)F)n3)c2)n1. The smallest absolute Gasteiger partial charge is 0.280 e. The van der Waals surface area contributed by atoms with Crippen LogP contribution < -0.4 is 4.74 Å². The van der Waals surface area contributed by atoms with Crippen molar-refractivity contribution >= 4 is 23.6 Å². The van der Waals surface area contributed by atoms with Crippen LogP contribution in [0.1, 0.15) is 46.4 Å². The van der Waals surface area contributed by atoms with Gasteiger partial charge in [-0.3, -0.25) is 9.48 Å². The molecule has 0 aliphatic rings. The summed E-state index contributed by atoms with van der Waals surface area (Å²) in [4.78, 5) is 20.5. The minimum absolute atomic E-state index is 0.188. The standard InChI is InChI=1S/C22H22F2N4O2S/c1-4-28-10-9-17(27-28)19(29)7-5-15-6-8-20(30-3)16(12-15)13-31-22-25-14(2)11-18(26-22)21(23)24/h5-12,21H,4,13H2,1-3H3/b7-5+. The highest BCUT2D eigenvalue weighted by Crippen LogP contribution is 2.29. The molecule has 162 valence electrons. The molecule has 0 unspecified atom stereocenters. The predicted molar refractivity (Wildman–Crippen MR) is 116 cm³/mol. The van der Waals surface area contributed by atoms with Crippen molar-refractivity contribution in [3.63, 3.8) is 0 Å². The second kappa shape index (κ2) is 10.3. The molecule has 0 fully saturated rings. The number of alkyl halides is 2. The quantitative estimate of drug-likeness (QED) is 0.197.